The predicted octanol–water partition coefficient (Wildman–Crippen LogP) is 0.502. The van der Waals surface area contributed by atoms with Gasteiger partial charge in [-0.3, -0.25) is 0 Å². The summed E-state index contributed by atoms with van der Waals surface area (Å²) in [6, 6.07) is 9.12. The van der Waals surface area contributed by atoms with E-state index in [0.717, 1.165) is 11.6 Å². The van der Waals surface area contributed by atoms with Crippen LogP contribution in [0.4, 0.5) is 0 Å². The summed E-state index contributed by atoms with van der Waals surface area (Å²) in [5.41, 5.74) is 0.823. The molecule has 1 aromatic carbocycles. The third kappa shape index (κ3) is 6.87. The molecule has 1 rings (SSSR count). The molecule has 1 atom stereocenters. The fourth-order valence-electron chi connectivity index (χ4n) is 0.947. The molecule has 1 aromatic rings. The van der Waals surface area contributed by atoms with E-state index >= 15 is 0 Å². The quantitative estimate of drug-likeness (QED) is 0.372. The molecule has 5 heteroatoms. The number of hydrogen-bond donors (Lipinski definition) is 1. The van der Waals surface area contributed by atoms with Crippen molar-refractivity contribution < 1.29 is 19.4 Å². The standard InChI is InChI=1S/C12H12O4.K.H/c1-9(13)12(15)16-11(14)8-7-10-5-3-2-4-6-10;;/h2-9,13H,1H3;;/b8-7+;;. The Morgan fingerprint density at radius 3 is 2.41 bits per heavy atom. The number of carbonyl (C=O) groups excluding carboxylic acids is 2. The van der Waals surface area contributed by atoms with Crippen LogP contribution in [0.5, 0.6) is 0 Å². The monoisotopic (exact) mass is 260 g/mol. The van der Waals surface area contributed by atoms with Crippen molar-refractivity contribution in [2.45, 2.75) is 13.0 Å². The van der Waals surface area contributed by atoms with Crippen LogP contribution >= 0.6 is 0 Å². The van der Waals surface area contributed by atoms with Gasteiger partial charge in [0.05, 0.1) is 0 Å². The molecule has 0 radical (unpaired) electrons. The summed E-state index contributed by atoms with van der Waals surface area (Å²) in [5.74, 6) is -1.75. The summed E-state index contributed by atoms with van der Waals surface area (Å²) in [7, 11) is 0. The maximum atomic E-state index is 11.1. The van der Waals surface area contributed by atoms with Gasteiger partial charge >= 0.3 is 63.3 Å². The molecule has 0 saturated carbocycles. The second-order valence-electron chi connectivity index (χ2n) is 3.16. The molecular weight excluding hydrogens is 247 g/mol. The van der Waals surface area contributed by atoms with Gasteiger partial charge in [0.25, 0.3) is 0 Å². The molecular formula is C12H13KO4. The van der Waals surface area contributed by atoms with Crippen molar-refractivity contribution >= 4 is 69.4 Å². The summed E-state index contributed by atoms with van der Waals surface area (Å²) in [6.45, 7) is 1.23. The third-order valence-corrected chi connectivity index (χ3v) is 1.75. The molecule has 4 nitrogen and oxygen atoms in total. The fraction of sp³-hybridized carbons (Fsp3) is 0.167. The van der Waals surface area contributed by atoms with Crippen LogP contribution in [0, 0.1) is 0 Å². The van der Waals surface area contributed by atoms with E-state index in [1.165, 1.54) is 13.0 Å². The zero-order valence-corrected chi connectivity index (χ0v) is 8.79. The van der Waals surface area contributed by atoms with E-state index in [1.54, 1.807) is 12.1 Å². The Balaban J connectivity index is 0.00000256. The molecule has 17 heavy (non-hydrogen) atoms. The number of benzene rings is 1. The summed E-state index contributed by atoms with van der Waals surface area (Å²) >= 11 is 0. The summed E-state index contributed by atoms with van der Waals surface area (Å²) in [5, 5.41) is 8.80. The second-order valence-corrected chi connectivity index (χ2v) is 3.16. The zero-order valence-electron chi connectivity index (χ0n) is 8.79. The molecule has 1 unspecified atom stereocenters. The van der Waals surface area contributed by atoms with Crippen LogP contribution in [0.15, 0.2) is 36.4 Å². The van der Waals surface area contributed by atoms with Crippen LogP contribution in [-0.2, 0) is 14.3 Å². The zero-order chi connectivity index (χ0) is 12.0. The average Bonchev–Trinajstić information content (AvgIpc) is 2.27. The normalized spacial score (nSPS) is 11.6. The van der Waals surface area contributed by atoms with Crippen LogP contribution in [0.2, 0.25) is 0 Å². The Hall–Kier alpha value is -0.304. The number of hydrogen-bond acceptors (Lipinski definition) is 4. The van der Waals surface area contributed by atoms with Gasteiger partial charge in [-0.1, -0.05) is 30.3 Å². The van der Waals surface area contributed by atoms with Crippen LogP contribution in [0.3, 0.4) is 0 Å². The Kier molecular flexibility index (Phi) is 8.58. The van der Waals surface area contributed by atoms with Crippen molar-refractivity contribution in [3.63, 3.8) is 0 Å². The molecule has 0 saturated heterocycles. The van der Waals surface area contributed by atoms with Crippen molar-refractivity contribution in [3.05, 3.63) is 42.0 Å². The van der Waals surface area contributed by atoms with Gasteiger partial charge in [0.2, 0.25) is 0 Å². The third-order valence-electron chi connectivity index (χ3n) is 1.75. The Labute approximate surface area is 142 Å². The van der Waals surface area contributed by atoms with Crippen molar-refractivity contribution in [3.8, 4) is 0 Å². The predicted molar refractivity (Wildman–Crippen MR) is 65.4 cm³/mol. The van der Waals surface area contributed by atoms with Crippen molar-refractivity contribution in [2.75, 3.05) is 0 Å². The summed E-state index contributed by atoms with van der Waals surface area (Å²) < 4.78 is 4.32. The molecule has 86 valence electrons. The van der Waals surface area contributed by atoms with E-state index in [-0.39, 0.29) is 51.4 Å². The first-order valence-corrected chi connectivity index (χ1v) is 4.76. The van der Waals surface area contributed by atoms with E-state index in [1.807, 2.05) is 18.2 Å². The first-order valence-electron chi connectivity index (χ1n) is 4.76. The molecule has 0 amide bonds. The average molecular weight is 260 g/mol. The van der Waals surface area contributed by atoms with Crippen LogP contribution < -0.4 is 0 Å². The van der Waals surface area contributed by atoms with Gasteiger partial charge in [-0.05, 0) is 18.6 Å². The van der Waals surface area contributed by atoms with Gasteiger partial charge in [0.1, 0.15) is 6.10 Å². The van der Waals surface area contributed by atoms with E-state index in [4.69, 9.17) is 5.11 Å². The molecule has 0 aromatic heterocycles. The Bertz CT molecular complexity index is 398. The number of aliphatic hydroxyl groups is 1. The molecule has 0 spiro atoms. The first-order chi connectivity index (χ1) is 7.59. The molecule has 0 bridgehead atoms. The molecule has 0 aliphatic rings. The van der Waals surface area contributed by atoms with Gasteiger partial charge in [0, 0.05) is 6.08 Å². The van der Waals surface area contributed by atoms with Crippen LogP contribution in [-0.4, -0.2) is 74.5 Å². The molecule has 0 heterocycles. The Morgan fingerprint density at radius 2 is 1.88 bits per heavy atom. The van der Waals surface area contributed by atoms with Crippen molar-refractivity contribution in [2.24, 2.45) is 0 Å². The van der Waals surface area contributed by atoms with Crippen molar-refractivity contribution in [1.29, 1.82) is 0 Å². The SMILES string of the molecule is CC(O)C(=O)OC(=O)/C=C/c1ccccc1.[KH]. The molecule has 0 aliphatic heterocycles. The Morgan fingerprint density at radius 1 is 1.29 bits per heavy atom. The molecule has 1 N–H and O–H groups in total. The minimum absolute atomic E-state index is 0. The van der Waals surface area contributed by atoms with E-state index < -0.39 is 18.0 Å². The van der Waals surface area contributed by atoms with Gasteiger partial charge in [-0.25, -0.2) is 9.59 Å². The van der Waals surface area contributed by atoms with E-state index in [0.29, 0.717) is 0 Å². The molecule has 0 fully saturated rings. The van der Waals surface area contributed by atoms with E-state index in [9.17, 15) is 9.59 Å². The summed E-state index contributed by atoms with van der Waals surface area (Å²) in [6.07, 6.45) is 1.36. The number of ether oxygens (including phenoxy) is 1. The minimum atomic E-state index is -1.30. The van der Waals surface area contributed by atoms with Gasteiger partial charge in [-0.15, -0.1) is 0 Å². The number of carbonyl (C=O) groups is 2. The first kappa shape index (κ1) is 16.7. The maximum absolute atomic E-state index is 11.1. The van der Waals surface area contributed by atoms with Gasteiger partial charge in [-0.2, -0.15) is 0 Å². The van der Waals surface area contributed by atoms with Gasteiger partial charge in [0.15, 0.2) is 0 Å². The number of aliphatic hydroxyl groups excluding tert-OH is 1. The van der Waals surface area contributed by atoms with Crippen LogP contribution in [0.25, 0.3) is 6.08 Å². The summed E-state index contributed by atoms with van der Waals surface area (Å²) in [4.78, 5) is 21.9. The number of rotatable bonds is 3. The van der Waals surface area contributed by atoms with Crippen molar-refractivity contribution in [1.82, 2.24) is 0 Å². The second kappa shape index (κ2) is 8.74. The topological polar surface area (TPSA) is 63.6 Å². The fourth-order valence-corrected chi connectivity index (χ4v) is 0.947. The van der Waals surface area contributed by atoms with Crippen LogP contribution in [0.1, 0.15) is 12.5 Å². The number of esters is 2. The van der Waals surface area contributed by atoms with E-state index in [2.05, 4.69) is 4.74 Å². The van der Waals surface area contributed by atoms with Gasteiger partial charge < -0.3 is 9.84 Å². The molecule has 0 aliphatic carbocycles.